The van der Waals surface area contributed by atoms with Gasteiger partial charge in [0.25, 0.3) is 5.91 Å². The Bertz CT molecular complexity index is 926. The molecule has 3 rings (SSSR count). The van der Waals surface area contributed by atoms with Gasteiger partial charge in [-0.25, -0.2) is 0 Å². The number of thioether (sulfide) groups is 1. The van der Waals surface area contributed by atoms with Crippen LogP contribution in [0.25, 0.3) is 10.1 Å². The molecule has 1 heterocycles. The summed E-state index contributed by atoms with van der Waals surface area (Å²) >= 11 is 14.7. The molecule has 3 aromatic rings. The smallest absolute Gasteiger partial charge is 0.272 e. The van der Waals surface area contributed by atoms with Crippen LogP contribution in [0.3, 0.4) is 0 Å². The third-order valence-electron chi connectivity index (χ3n) is 3.24. The van der Waals surface area contributed by atoms with Gasteiger partial charge in [0.1, 0.15) is 4.88 Å². The van der Waals surface area contributed by atoms with Crippen molar-refractivity contribution in [2.24, 2.45) is 0 Å². The zero-order valence-electron chi connectivity index (χ0n) is 12.7. The van der Waals surface area contributed by atoms with Crippen molar-refractivity contribution in [2.75, 3.05) is 5.75 Å². The molecule has 0 bridgehead atoms. The normalized spacial score (nSPS) is 10.6. The lowest BCUT2D eigenvalue weighted by Gasteiger charge is -2.06. The molecule has 0 aliphatic rings. The Kier molecular flexibility index (Phi) is 5.86. The largest absolute Gasteiger partial charge is 0.281 e. The molecule has 0 saturated carbocycles. The van der Waals surface area contributed by atoms with Gasteiger partial charge in [-0.15, -0.1) is 23.1 Å². The van der Waals surface area contributed by atoms with E-state index in [4.69, 9.17) is 23.2 Å². The number of carbonyl (C=O) groups excluding carboxylic acids is 2. The second-order valence-electron chi connectivity index (χ2n) is 4.99. The maximum Gasteiger partial charge on any atom is 0.281 e. The van der Waals surface area contributed by atoms with Gasteiger partial charge in [0, 0.05) is 20.0 Å². The summed E-state index contributed by atoms with van der Waals surface area (Å²) in [5.74, 6) is -0.580. The third-order valence-corrected chi connectivity index (χ3v) is 6.18. The number of amides is 2. The lowest BCUT2D eigenvalue weighted by Crippen LogP contribution is -2.42. The Morgan fingerprint density at radius 1 is 1.00 bits per heavy atom. The molecule has 2 amide bonds. The first-order valence-corrected chi connectivity index (χ1v) is 9.75. The van der Waals surface area contributed by atoms with Crippen molar-refractivity contribution < 1.29 is 9.59 Å². The van der Waals surface area contributed by atoms with Crippen LogP contribution in [0.2, 0.25) is 10.0 Å². The molecule has 0 atom stereocenters. The zero-order chi connectivity index (χ0) is 17.8. The van der Waals surface area contributed by atoms with Crippen molar-refractivity contribution in [3.8, 4) is 0 Å². The molecule has 0 aliphatic carbocycles. The van der Waals surface area contributed by atoms with E-state index in [0.29, 0.717) is 14.9 Å². The lowest BCUT2D eigenvalue weighted by atomic mass is 10.2. The molecular weight excluding hydrogens is 399 g/mol. The number of thiophene rings is 1. The molecule has 2 aromatic carbocycles. The van der Waals surface area contributed by atoms with Crippen LogP contribution < -0.4 is 10.9 Å². The van der Waals surface area contributed by atoms with Crippen LogP contribution in [0.1, 0.15) is 9.67 Å². The van der Waals surface area contributed by atoms with Crippen molar-refractivity contribution in [1.82, 2.24) is 10.9 Å². The monoisotopic (exact) mass is 410 g/mol. The number of benzene rings is 2. The minimum atomic E-state index is -0.434. The highest BCUT2D eigenvalue weighted by Gasteiger charge is 2.17. The van der Waals surface area contributed by atoms with Crippen LogP contribution in [-0.2, 0) is 4.79 Å². The van der Waals surface area contributed by atoms with E-state index in [-0.39, 0.29) is 11.7 Å². The Morgan fingerprint density at radius 2 is 1.72 bits per heavy atom. The van der Waals surface area contributed by atoms with E-state index >= 15 is 0 Å². The molecule has 2 N–H and O–H groups in total. The third kappa shape index (κ3) is 4.46. The standard InChI is InChI=1S/C17H12Cl2N2O2S2/c18-10-5-7-11(8-6-10)24-9-14(22)20-21-17(23)16-15(19)12-3-1-2-4-13(12)25-16/h1-8H,9H2,(H,20,22)(H,21,23). The summed E-state index contributed by atoms with van der Waals surface area (Å²) in [4.78, 5) is 25.4. The Labute approximate surface area is 162 Å². The molecule has 0 aliphatic heterocycles. The molecule has 0 saturated heterocycles. The van der Waals surface area contributed by atoms with E-state index in [2.05, 4.69) is 10.9 Å². The van der Waals surface area contributed by atoms with Crippen LogP contribution in [0.5, 0.6) is 0 Å². The van der Waals surface area contributed by atoms with E-state index < -0.39 is 5.91 Å². The molecule has 25 heavy (non-hydrogen) atoms. The maximum atomic E-state index is 12.2. The van der Waals surface area contributed by atoms with Gasteiger partial charge >= 0.3 is 0 Å². The van der Waals surface area contributed by atoms with Crippen LogP contribution in [0.4, 0.5) is 0 Å². The summed E-state index contributed by atoms with van der Waals surface area (Å²) in [7, 11) is 0. The van der Waals surface area contributed by atoms with Crippen LogP contribution in [0.15, 0.2) is 53.4 Å². The summed E-state index contributed by atoms with van der Waals surface area (Å²) in [6, 6.07) is 14.7. The highest BCUT2D eigenvalue weighted by Crippen LogP contribution is 2.34. The predicted molar refractivity (Wildman–Crippen MR) is 105 cm³/mol. The molecule has 0 fully saturated rings. The second kappa shape index (κ2) is 8.10. The molecule has 1 aromatic heterocycles. The summed E-state index contributed by atoms with van der Waals surface area (Å²) in [6.07, 6.45) is 0. The van der Waals surface area contributed by atoms with Gasteiger partial charge in [0.05, 0.1) is 10.8 Å². The summed E-state index contributed by atoms with van der Waals surface area (Å²) in [5, 5.41) is 1.85. The molecule has 8 heteroatoms. The Hall–Kier alpha value is -1.73. The van der Waals surface area contributed by atoms with Crippen molar-refractivity contribution in [2.45, 2.75) is 4.90 Å². The summed E-state index contributed by atoms with van der Waals surface area (Å²) < 4.78 is 0.919. The Balaban J connectivity index is 1.55. The fraction of sp³-hybridized carbons (Fsp3) is 0.0588. The predicted octanol–water partition coefficient (Wildman–Crippen LogP) is 4.76. The fourth-order valence-electron chi connectivity index (χ4n) is 2.06. The van der Waals surface area contributed by atoms with Crippen molar-refractivity contribution in [3.63, 3.8) is 0 Å². The van der Waals surface area contributed by atoms with E-state index in [0.717, 1.165) is 15.0 Å². The van der Waals surface area contributed by atoms with E-state index in [1.165, 1.54) is 23.1 Å². The van der Waals surface area contributed by atoms with Crippen molar-refractivity contribution >= 4 is 68.2 Å². The first-order chi connectivity index (χ1) is 12.0. The highest BCUT2D eigenvalue weighted by molar-refractivity contribution is 8.00. The van der Waals surface area contributed by atoms with Crippen LogP contribution in [-0.4, -0.2) is 17.6 Å². The number of rotatable bonds is 4. The van der Waals surface area contributed by atoms with Crippen molar-refractivity contribution in [1.29, 1.82) is 0 Å². The fourth-order valence-corrected chi connectivity index (χ4v) is 4.30. The average molecular weight is 411 g/mol. The molecule has 128 valence electrons. The first-order valence-electron chi connectivity index (χ1n) is 7.19. The zero-order valence-corrected chi connectivity index (χ0v) is 15.9. The van der Waals surface area contributed by atoms with E-state index in [1.807, 2.05) is 36.4 Å². The Morgan fingerprint density at radius 3 is 2.44 bits per heavy atom. The summed E-state index contributed by atoms with van der Waals surface area (Å²) in [5.41, 5.74) is 4.80. The number of fused-ring (bicyclic) bond motifs is 1. The van der Waals surface area contributed by atoms with Crippen molar-refractivity contribution in [3.05, 3.63) is 63.5 Å². The van der Waals surface area contributed by atoms with Gasteiger partial charge in [-0.2, -0.15) is 0 Å². The average Bonchev–Trinajstić information content (AvgIpc) is 2.96. The van der Waals surface area contributed by atoms with Gasteiger partial charge in [-0.05, 0) is 30.3 Å². The maximum absolute atomic E-state index is 12.2. The molecule has 0 spiro atoms. The minimum absolute atomic E-state index is 0.169. The lowest BCUT2D eigenvalue weighted by molar-refractivity contribution is -0.119. The number of hydrogen-bond acceptors (Lipinski definition) is 4. The number of carbonyl (C=O) groups is 2. The number of hydrogen-bond donors (Lipinski definition) is 2. The molecule has 4 nitrogen and oxygen atoms in total. The molecular formula is C17H12Cl2N2O2S2. The summed E-state index contributed by atoms with van der Waals surface area (Å²) in [6.45, 7) is 0. The topological polar surface area (TPSA) is 58.2 Å². The molecule has 0 unspecified atom stereocenters. The van der Waals surface area contributed by atoms with Gasteiger partial charge in [0.2, 0.25) is 5.91 Å². The SMILES string of the molecule is O=C(CSc1ccc(Cl)cc1)NNC(=O)c1sc2ccccc2c1Cl. The van der Waals surface area contributed by atoms with Gasteiger partial charge < -0.3 is 0 Å². The van der Waals surface area contributed by atoms with Gasteiger partial charge in [-0.3, -0.25) is 20.4 Å². The quantitative estimate of drug-likeness (QED) is 0.481. The highest BCUT2D eigenvalue weighted by atomic mass is 35.5. The van der Waals surface area contributed by atoms with E-state index in [9.17, 15) is 9.59 Å². The van der Waals surface area contributed by atoms with E-state index in [1.54, 1.807) is 12.1 Å². The van der Waals surface area contributed by atoms with Gasteiger partial charge in [0.15, 0.2) is 0 Å². The minimum Gasteiger partial charge on any atom is -0.272 e. The molecule has 0 radical (unpaired) electrons. The second-order valence-corrected chi connectivity index (χ2v) is 7.90. The van der Waals surface area contributed by atoms with Gasteiger partial charge in [-0.1, -0.05) is 41.4 Å². The number of hydrazine groups is 1. The number of halogens is 2. The number of nitrogens with one attached hydrogen (secondary N) is 2. The van der Waals surface area contributed by atoms with Crippen LogP contribution in [0, 0.1) is 0 Å². The van der Waals surface area contributed by atoms with Crippen LogP contribution >= 0.6 is 46.3 Å². The first kappa shape index (κ1) is 18.1.